The third-order valence-corrected chi connectivity index (χ3v) is 9.10. The first kappa shape index (κ1) is 18.8. The highest BCUT2D eigenvalue weighted by Crippen LogP contribution is 2.74. The Morgan fingerprint density at radius 2 is 1.69 bits per heavy atom. The molecule has 4 fully saturated rings. The largest absolute Gasteiger partial charge is 0.393 e. The minimum atomic E-state index is -2.11. The molecule has 7 atom stereocenters. The van der Waals surface area contributed by atoms with E-state index in [0.717, 1.165) is 19.3 Å². The topological polar surface area (TPSA) is 118 Å². The number of carbonyl (C=O) groups is 1. The lowest BCUT2D eigenvalue weighted by atomic mass is 9.38. The number of rotatable bonds is 1. The second kappa shape index (κ2) is 4.90. The Morgan fingerprint density at radius 3 is 2.31 bits per heavy atom. The van der Waals surface area contributed by atoms with Crippen LogP contribution in [0.15, 0.2) is 0 Å². The molecule has 1 spiro atoms. The molecule has 0 aliphatic heterocycles. The van der Waals surface area contributed by atoms with Gasteiger partial charge in [-0.15, -0.1) is 0 Å². The molecule has 4 saturated carbocycles. The number of fused-ring (bicyclic) bond motifs is 3. The first-order valence-corrected chi connectivity index (χ1v) is 9.84. The molecule has 0 aromatic carbocycles. The van der Waals surface area contributed by atoms with Gasteiger partial charge >= 0.3 is 0 Å². The van der Waals surface area contributed by atoms with Crippen LogP contribution in [-0.2, 0) is 4.79 Å². The van der Waals surface area contributed by atoms with Crippen molar-refractivity contribution in [2.24, 2.45) is 22.2 Å². The summed E-state index contributed by atoms with van der Waals surface area (Å²) < 4.78 is 0. The van der Waals surface area contributed by atoms with Crippen LogP contribution in [0, 0.1) is 22.2 Å². The van der Waals surface area contributed by atoms with Gasteiger partial charge in [-0.3, -0.25) is 4.79 Å². The highest BCUT2D eigenvalue weighted by Gasteiger charge is 2.83. The second-order valence-corrected chi connectivity index (χ2v) is 10.6. The van der Waals surface area contributed by atoms with Crippen molar-refractivity contribution in [3.8, 4) is 0 Å². The Balaban J connectivity index is 1.92. The van der Waals surface area contributed by atoms with E-state index < -0.39 is 46.1 Å². The molecule has 0 heterocycles. The summed E-state index contributed by atoms with van der Waals surface area (Å²) in [6.07, 6.45) is 1.84. The third-order valence-electron chi connectivity index (χ3n) is 9.10. The molecule has 4 rings (SSSR count). The standard InChI is InChI=1S/C20H32O6/c1-15(2)6-4-7-16(3)12(15)5-8-17-9-18(24,11-21)19(25,10-17)13(22)14(23)20(16,17)26/h12-13,21-22,24-26H,4-11H2,1-3H3/t12-,13+,16-,17+,18+,19+,20-/m1/s1. The summed E-state index contributed by atoms with van der Waals surface area (Å²) in [5.74, 6) is -0.662. The Morgan fingerprint density at radius 1 is 1.04 bits per heavy atom. The molecule has 0 unspecified atom stereocenters. The summed E-state index contributed by atoms with van der Waals surface area (Å²) in [5, 5.41) is 54.4. The van der Waals surface area contributed by atoms with Gasteiger partial charge in [-0.05, 0) is 49.9 Å². The van der Waals surface area contributed by atoms with Gasteiger partial charge in [-0.1, -0.05) is 27.2 Å². The first-order chi connectivity index (χ1) is 11.8. The van der Waals surface area contributed by atoms with E-state index in [1.165, 1.54) is 0 Å². The molecule has 0 amide bonds. The molecule has 2 bridgehead atoms. The van der Waals surface area contributed by atoms with Crippen LogP contribution in [-0.4, -0.2) is 60.8 Å². The average molecular weight is 368 g/mol. The van der Waals surface area contributed by atoms with Crippen LogP contribution in [0.4, 0.5) is 0 Å². The van der Waals surface area contributed by atoms with Gasteiger partial charge in [0.15, 0.2) is 5.78 Å². The zero-order valence-corrected chi connectivity index (χ0v) is 16.0. The SMILES string of the molecule is CC1(C)CCC[C@]2(C)[C@@H]1CC[C@]13C[C@](O)(CO)[C@](O)(C1)[C@@H](O)C(=O)[C@]32O. The van der Waals surface area contributed by atoms with Crippen LogP contribution in [0.1, 0.15) is 65.7 Å². The molecule has 0 saturated heterocycles. The molecular weight excluding hydrogens is 336 g/mol. The molecule has 0 aromatic rings. The summed E-state index contributed by atoms with van der Waals surface area (Å²) in [7, 11) is 0. The van der Waals surface area contributed by atoms with Gasteiger partial charge in [0, 0.05) is 10.8 Å². The van der Waals surface area contributed by atoms with Crippen molar-refractivity contribution in [2.45, 2.75) is 88.6 Å². The number of aliphatic hydroxyl groups is 5. The van der Waals surface area contributed by atoms with E-state index in [-0.39, 0.29) is 24.2 Å². The fraction of sp³-hybridized carbons (Fsp3) is 0.950. The van der Waals surface area contributed by atoms with Crippen LogP contribution in [0.2, 0.25) is 0 Å². The molecule has 4 aliphatic carbocycles. The summed E-state index contributed by atoms with van der Waals surface area (Å²) in [6.45, 7) is 5.55. The highest BCUT2D eigenvalue weighted by molar-refractivity contribution is 5.96. The van der Waals surface area contributed by atoms with Crippen molar-refractivity contribution >= 4 is 5.78 Å². The fourth-order valence-corrected chi connectivity index (χ4v) is 7.86. The van der Waals surface area contributed by atoms with Crippen molar-refractivity contribution in [2.75, 3.05) is 6.61 Å². The van der Waals surface area contributed by atoms with Crippen molar-refractivity contribution in [3.05, 3.63) is 0 Å². The zero-order valence-electron chi connectivity index (χ0n) is 16.0. The van der Waals surface area contributed by atoms with Crippen molar-refractivity contribution < 1.29 is 30.3 Å². The molecular formula is C20H32O6. The van der Waals surface area contributed by atoms with E-state index in [1.54, 1.807) is 0 Å². The minimum absolute atomic E-state index is 0.0325. The van der Waals surface area contributed by atoms with E-state index in [9.17, 15) is 30.3 Å². The van der Waals surface area contributed by atoms with Crippen molar-refractivity contribution in [3.63, 3.8) is 0 Å². The molecule has 0 radical (unpaired) electrons. The lowest BCUT2D eigenvalue weighted by molar-refractivity contribution is -0.266. The van der Waals surface area contributed by atoms with Crippen LogP contribution in [0.25, 0.3) is 0 Å². The first-order valence-electron chi connectivity index (χ1n) is 9.84. The van der Waals surface area contributed by atoms with Gasteiger partial charge in [0.1, 0.15) is 22.9 Å². The number of Topliss-reactive ketones (excluding diaryl/α,β-unsaturated/α-hetero) is 1. The fourth-order valence-electron chi connectivity index (χ4n) is 7.86. The monoisotopic (exact) mass is 368 g/mol. The molecule has 148 valence electrons. The maximum Gasteiger partial charge on any atom is 0.196 e. The Bertz CT molecular complexity index is 659. The van der Waals surface area contributed by atoms with E-state index >= 15 is 0 Å². The summed E-state index contributed by atoms with van der Waals surface area (Å²) in [5.41, 5.74) is -7.69. The smallest absolute Gasteiger partial charge is 0.196 e. The average Bonchev–Trinajstić information content (AvgIpc) is 2.78. The summed E-state index contributed by atoms with van der Waals surface area (Å²) >= 11 is 0. The molecule has 5 N–H and O–H groups in total. The predicted molar refractivity (Wildman–Crippen MR) is 93.1 cm³/mol. The minimum Gasteiger partial charge on any atom is -0.393 e. The normalized spacial score (nSPS) is 58.2. The molecule has 6 heteroatoms. The lowest BCUT2D eigenvalue weighted by Gasteiger charge is -2.67. The van der Waals surface area contributed by atoms with Crippen LogP contribution in [0.3, 0.4) is 0 Å². The Kier molecular flexibility index (Phi) is 3.54. The van der Waals surface area contributed by atoms with E-state index in [1.807, 2.05) is 6.92 Å². The van der Waals surface area contributed by atoms with Crippen LogP contribution >= 0.6 is 0 Å². The summed E-state index contributed by atoms with van der Waals surface area (Å²) in [6, 6.07) is 0. The van der Waals surface area contributed by atoms with Gasteiger partial charge in [0.05, 0.1) is 6.61 Å². The lowest BCUT2D eigenvalue weighted by Crippen LogP contribution is -2.76. The number of hydrogen-bond donors (Lipinski definition) is 5. The van der Waals surface area contributed by atoms with Crippen molar-refractivity contribution in [1.82, 2.24) is 0 Å². The third kappa shape index (κ3) is 1.70. The van der Waals surface area contributed by atoms with E-state index in [2.05, 4.69) is 13.8 Å². The molecule has 26 heavy (non-hydrogen) atoms. The maximum atomic E-state index is 13.4. The number of ketones is 1. The van der Waals surface area contributed by atoms with Gasteiger partial charge in [-0.2, -0.15) is 0 Å². The number of hydrogen-bond acceptors (Lipinski definition) is 6. The molecule has 6 nitrogen and oxygen atoms in total. The molecule has 4 aliphatic rings. The zero-order chi connectivity index (χ0) is 19.4. The predicted octanol–water partition coefficient (Wildman–Crippen LogP) is 0.522. The highest BCUT2D eigenvalue weighted by atomic mass is 16.4. The molecule has 0 aromatic heterocycles. The van der Waals surface area contributed by atoms with Crippen LogP contribution < -0.4 is 0 Å². The number of aliphatic hydroxyl groups excluding tert-OH is 2. The van der Waals surface area contributed by atoms with Gasteiger partial charge in [0.25, 0.3) is 0 Å². The van der Waals surface area contributed by atoms with Crippen molar-refractivity contribution in [1.29, 1.82) is 0 Å². The number of carbonyl (C=O) groups excluding carboxylic acids is 1. The van der Waals surface area contributed by atoms with Gasteiger partial charge in [0.2, 0.25) is 0 Å². The Labute approximate surface area is 154 Å². The van der Waals surface area contributed by atoms with Gasteiger partial charge in [-0.25, -0.2) is 0 Å². The van der Waals surface area contributed by atoms with Crippen LogP contribution in [0.5, 0.6) is 0 Å². The quantitative estimate of drug-likeness (QED) is 0.461. The van der Waals surface area contributed by atoms with E-state index in [4.69, 9.17) is 0 Å². The Hall–Kier alpha value is -0.530. The van der Waals surface area contributed by atoms with E-state index in [0.29, 0.717) is 12.8 Å². The maximum absolute atomic E-state index is 13.4. The second-order valence-electron chi connectivity index (χ2n) is 10.6. The summed E-state index contributed by atoms with van der Waals surface area (Å²) in [4.78, 5) is 13.4. The van der Waals surface area contributed by atoms with Gasteiger partial charge < -0.3 is 25.5 Å².